The first-order chi connectivity index (χ1) is 41.2. The second kappa shape index (κ2) is 17.4. The third kappa shape index (κ3) is 6.12. The summed E-state index contributed by atoms with van der Waals surface area (Å²) in [6, 6.07) is 113. The topological polar surface area (TPSA) is 21.3 Å². The van der Waals surface area contributed by atoms with Gasteiger partial charge in [0.15, 0.2) is 0 Å². The van der Waals surface area contributed by atoms with Gasteiger partial charge in [0.2, 0.25) is 0 Å². The van der Waals surface area contributed by atoms with Crippen molar-refractivity contribution in [2.75, 3.05) is 4.90 Å². The Morgan fingerprint density at radius 3 is 1.52 bits per heavy atom. The molecule has 1 unspecified atom stereocenters. The summed E-state index contributed by atoms with van der Waals surface area (Å²) >= 11 is 0. The summed E-state index contributed by atoms with van der Waals surface area (Å²) in [7, 11) is 0. The number of nitrogens with zero attached hydrogens (tertiary/aromatic N) is 2. The summed E-state index contributed by atoms with van der Waals surface area (Å²) in [5, 5.41) is 4.81. The van der Waals surface area contributed by atoms with Gasteiger partial charge in [0, 0.05) is 44.0 Å². The fourth-order valence-corrected chi connectivity index (χ4v) is 15.5. The fraction of sp³-hybridized carbons (Fsp3) is 0.0250. The lowest BCUT2D eigenvalue weighted by molar-refractivity contribution is 0.670. The molecule has 0 saturated carbocycles. The van der Waals surface area contributed by atoms with Gasteiger partial charge in [0.1, 0.15) is 11.2 Å². The zero-order chi connectivity index (χ0) is 54.4. The van der Waals surface area contributed by atoms with Crippen molar-refractivity contribution in [1.29, 1.82) is 0 Å². The van der Waals surface area contributed by atoms with Crippen molar-refractivity contribution in [3.63, 3.8) is 0 Å². The molecule has 1 aliphatic heterocycles. The Balaban J connectivity index is 0.839. The van der Waals surface area contributed by atoms with Gasteiger partial charge in [-0.15, -0.1) is 0 Å². The van der Waals surface area contributed by atoms with Gasteiger partial charge in [-0.1, -0.05) is 255 Å². The zero-order valence-corrected chi connectivity index (χ0v) is 45.2. The van der Waals surface area contributed by atoms with Crippen LogP contribution in [0.2, 0.25) is 0 Å². The lowest BCUT2D eigenvalue weighted by Crippen LogP contribution is -2.33. The molecule has 18 rings (SSSR count). The van der Waals surface area contributed by atoms with Gasteiger partial charge in [-0.05, 0) is 126 Å². The van der Waals surface area contributed by atoms with Crippen LogP contribution in [-0.4, -0.2) is 4.57 Å². The van der Waals surface area contributed by atoms with Crippen molar-refractivity contribution >= 4 is 60.8 Å². The first-order valence-electron chi connectivity index (χ1n) is 28.8. The molecule has 15 aromatic rings. The van der Waals surface area contributed by atoms with Crippen LogP contribution in [0.25, 0.3) is 93.9 Å². The zero-order valence-electron chi connectivity index (χ0n) is 45.2. The maximum absolute atomic E-state index is 6.60. The molecule has 0 radical (unpaired) electrons. The van der Waals surface area contributed by atoms with E-state index in [1.807, 2.05) is 6.07 Å². The van der Waals surface area contributed by atoms with Gasteiger partial charge in [0.25, 0.3) is 0 Å². The Morgan fingerprint density at radius 2 is 0.783 bits per heavy atom. The molecule has 3 heteroatoms. The third-order valence-electron chi connectivity index (χ3n) is 18.7. The summed E-state index contributed by atoms with van der Waals surface area (Å²) in [6.45, 7) is 0. The highest BCUT2D eigenvalue weighted by Gasteiger charge is 2.52. The minimum absolute atomic E-state index is 0.542. The molecule has 83 heavy (non-hydrogen) atoms. The summed E-state index contributed by atoms with van der Waals surface area (Å²) < 4.78 is 9.12. The molecule has 3 nitrogen and oxygen atoms in total. The minimum Gasteiger partial charge on any atom is -0.455 e. The lowest BCUT2D eigenvalue weighted by Gasteiger charge is -2.39. The molecule has 1 spiro atoms. The van der Waals surface area contributed by atoms with Crippen molar-refractivity contribution in [2.24, 2.45) is 0 Å². The summed E-state index contributed by atoms with van der Waals surface area (Å²) in [5.41, 5.74) is 27.5. The summed E-state index contributed by atoms with van der Waals surface area (Å²) in [5.74, 6) is 0. The number of benzene rings is 13. The number of rotatable bonds is 7. The third-order valence-corrected chi connectivity index (χ3v) is 18.7. The highest BCUT2D eigenvalue weighted by Crippen LogP contribution is 2.63. The van der Waals surface area contributed by atoms with Crippen LogP contribution in [0.1, 0.15) is 44.5 Å². The molecule has 13 aromatic carbocycles. The van der Waals surface area contributed by atoms with E-state index < -0.39 is 10.8 Å². The number of para-hydroxylation sites is 5. The van der Waals surface area contributed by atoms with E-state index in [2.05, 4.69) is 307 Å². The standard InChI is InChI=1S/C80H50N2O/c1-3-21-53(22-4-1)79(54-23-5-2-6-24-54)65-33-11-8-28-64(65)76-69(79)37-20-41-73(76)81(56-49-45-52(46-50-56)58-30-17-32-62-60-26-10-16-42-74(60)83-78(58)62)55-47-43-51(44-48-55)57-29-18-36-68-75(57)63-27-7-12-34-66(63)80(68)67-35-13-15-40-72(67)82-71-39-14-9-25-59(71)61-31-19-38-70(80)77(61)82/h1-50H. The fourth-order valence-electron chi connectivity index (χ4n) is 15.5. The van der Waals surface area contributed by atoms with Crippen LogP contribution >= 0.6 is 0 Å². The van der Waals surface area contributed by atoms with E-state index in [0.717, 1.165) is 50.1 Å². The molecule has 3 aliphatic rings. The number of hydrogen-bond acceptors (Lipinski definition) is 2. The number of furan rings is 1. The second-order valence-electron chi connectivity index (χ2n) is 22.5. The molecule has 1 atom stereocenters. The Morgan fingerprint density at radius 1 is 0.301 bits per heavy atom. The van der Waals surface area contributed by atoms with Crippen LogP contribution in [0.3, 0.4) is 0 Å². The Bertz CT molecular complexity index is 5110. The molecule has 3 heterocycles. The average Bonchev–Trinajstić information content (AvgIpc) is 1.65. The molecule has 2 aliphatic carbocycles. The SMILES string of the molecule is c1ccc(C2(c3ccccc3)c3ccccc3-c3c(N(c4ccc(-c5cccc6c5-c5ccccc5C65c6ccccc6-n6c7ccccc7c7cccc5c76)cc4)c4ccc(-c5cccc6c5oc5ccccc56)cc4)cccc32)cc1. The summed E-state index contributed by atoms with van der Waals surface area (Å²) in [4.78, 5) is 2.48. The van der Waals surface area contributed by atoms with Crippen molar-refractivity contribution < 1.29 is 4.42 Å². The normalized spacial score (nSPS) is 14.9. The maximum Gasteiger partial charge on any atom is 0.143 e. The van der Waals surface area contributed by atoms with Crippen molar-refractivity contribution in [1.82, 2.24) is 4.57 Å². The lowest BCUT2D eigenvalue weighted by atomic mass is 9.65. The highest BCUT2D eigenvalue weighted by molar-refractivity contribution is 6.14. The molecule has 0 amide bonds. The average molecular weight is 1060 g/mol. The highest BCUT2D eigenvalue weighted by atomic mass is 16.3. The molecule has 0 fully saturated rings. The first kappa shape index (κ1) is 46.1. The van der Waals surface area contributed by atoms with Crippen LogP contribution in [0.5, 0.6) is 0 Å². The van der Waals surface area contributed by atoms with Crippen LogP contribution in [-0.2, 0) is 10.8 Å². The van der Waals surface area contributed by atoms with Gasteiger partial charge in [-0.3, -0.25) is 0 Å². The van der Waals surface area contributed by atoms with Crippen molar-refractivity contribution in [3.8, 4) is 50.2 Å². The summed E-state index contributed by atoms with van der Waals surface area (Å²) in [6.07, 6.45) is 0. The van der Waals surface area contributed by atoms with Gasteiger partial charge in [-0.25, -0.2) is 0 Å². The molecule has 0 N–H and O–H groups in total. The van der Waals surface area contributed by atoms with Gasteiger partial charge < -0.3 is 13.9 Å². The first-order valence-corrected chi connectivity index (χ1v) is 28.8. The largest absolute Gasteiger partial charge is 0.455 e. The van der Waals surface area contributed by atoms with E-state index in [4.69, 9.17) is 4.42 Å². The molecular weight excluding hydrogens is 1000 g/mol. The van der Waals surface area contributed by atoms with Crippen molar-refractivity contribution in [3.05, 3.63) is 348 Å². The van der Waals surface area contributed by atoms with E-state index in [9.17, 15) is 0 Å². The number of fused-ring (bicyclic) bond motifs is 18. The van der Waals surface area contributed by atoms with E-state index >= 15 is 0 Å². The molecule has 0 bridgehead atoms. The molecule has 2 aromatic heterocycles. The van der Waals surface area contributed by atoms with Gasteiger partial charge in [-0.2, -0.15) is 0 Å². The second-order valence-corrected chi connectivity index (χ2v) is 22.5. The van der Waals surface area contributed by atoms with Gasteiger partial charge >= 0.3 is 0 Å². The Hall–Kier alpha value is -10.7. The quantitative estimate of drug-likeness (QED) is 0.159. The predicted octanol–water partition coefficient (Wildman–Crippen LogP) is 20.5. The molecule has 386 valence electrons. The monoisotopic (exact) mass is 1050 g/mol. The minimum atomic E-state index is -0.558. The van der Waals surface area contributed by atoms with Crippen LogP contribution in [0.4, 0.5) is 17.1 Å². The number of anilines is 3. The van der Waals surface area contributed by atoms with E-state index in [1.165, 1.54) is 105 Å². The Labute approximate surface area is 480 Å². The van der Waals surface area contributed by atoms with Crippen LogP contribution in [0, 0.1) is 0 Å². The van der Waals surface area contributed by atoms with E-state index in [0.29, 0.717) is 0 Å². The molecule has 0 saturated heterocycles. The van der Waals surface area contributed by atoms with E-state index in [-0.39, 0.29) is 0 Å². The maximum atomic E-state index is 6.60. The predicted molar refractivity (Wildman–Crippen MR) is 342 cm³/mol. The van der Waals surface area contributed by atoms with Crippen LogP contribution in [0.15, 0.2) is 308 Å². The van der Waals surface area contributed by atoms with E-state index in [1.54, 1.807) is 0 Å². The Kier molecular flexibility index (Phi) is 9.64. The van der Waals surface area contributed by atoms with Gasteiger partial charge in [0.05, 0.1) is 33.2 Å². The smallest absolute Gasteiger partial charge is 0.143 e. The molecular formula is C80H50N2O. The van der Waals surface area contributed by atoms with Crippen LogP contribution < -0.4 is 4.90 Å². The number of hydrogen-bond donors (Lipinski definition) is 0. The number of aromatic nitrogens is 1. The van der Waals surface area contributed by atoms with Crippen molar-refractivity contribution in [2.45, 2.75) is 10.8 Å².